The molecule has 0 unspecified atom stereocenters. The molecule has 0 fully saturated rings. The summed E-state index contributed by atoms with van der Waals surface area (Å²) < 4.78 is 28.7. The van der Waals surface area contributed by atoms with Crippen LogP contribution in [0.4, 0.5) is 0 Å². The maximum absolute atomic E-state index is 12.2. The molecule has 0 aliphatic heterocycles. The van der Waals surface area contributed by atoms with Gasteiger partial charge in [-0.05, 0) is 31.4 Å². The number of aromatic nitrogens is 3. The quantitative estimate of drug-likeness (QED) is 0.645. The van der Waals surface area contributed by atoms with Gasteiger partial charge in [0, 0.05) is 37.7 Å². The Morgan fingerprint density at radius 2 is 2.24 bits per heavy atom. The third-order valence-electron chi connectivity index (χ3n) is 3.45. The van der Waals surface area contributed by atoms with Crippen LogP contribution >= 0.6 is 0 Å². The highest BCUT2D eigenvalue weighted by molar-refractivity contribution is 7.89. The van der Waals surface area contributed by atoms with Gasteiger partial charge in [-0.15, -0.1) is 0 Å². The average molecular weight is 311 g/mol. The molecular formula is C13H21N5O2S. The zero-order valence-corrected chi connectivity index (χ0v) is 13.1. The lowest BCUT2D eigenvalue weighted by atomic mass is 10.1. The van der Waals surface area contributed by atoms with Crippen molar-refractivity contribution < 1.29 is 8.42 Å². The number of sulfonamides is 1. The Morgan fingerprint density at radius 3 is 2.81 bits per heavy atom. The van der Waals surface area contributed by atoms with Crippen molar-refractivity contribution in [3.63, 3.8) is 0 Å². The van der Waals surface area contributed by atoms with Crippen molar-refractivity contribution in [2.75, 3.05) is 6.54 Å². The molecule has 2 heterocycles. The summed E-state index contributed by atoms with van der Waals surface area (Å²) in [6.07, 6.45) is 4.85. The van der Waals surface area contributed by atoms with Crippen molar-refractivity contribution >= 4 is 10.0 Å². The molecule has 0 atom stereocenters. The Kier molecular flexibility index (Phi) is 4.81. The van der Waals surface area contributed by atoms with Crippen molar-refractivity contribution in [1.82, 2.24) is 19.5 Å². The van der Waals surface area contributed by atoms with E-state index in [0.717, 1.165) is 29.8 Å². The van der Waals surface area contributed by atoms with Gasteiger partial charge in [0.1, 0.15) is 0 Å². The van der Waals surface area contributed by atoms with E-state index >= 15 is 0 Å². The van der Waals surface area contributed by atoms with Crippen LogP contribution in [-0.4, -0.2) is 29.7 Å². The number of aromatic amines is 1. The predicted octanol–water partition coefficient (Wildman–Crippen LogP) is 0.426. The van der Waals surface area contributed by atoms with E-state index in [2.05, 4.69) is 14.9 Å². The molecule has 0 saturated carbocycles. The van der Waals surface area contributed by atoms with Crippen LogP contribution in [0.3, 0.4) is 0 Å². The third kappa shape index (κ3) is 3.72. The predicted molar refractivity (Wildman–Crippen MR) is 80.1 cm³/mol. The van der Waals surface area contributed by atoms with Gasteiger partial charge in [-0.2, -0.15) is 5.10 Å². The lowest BCUT2D eigenvalue weighted by Gasteiger charge is -2.04. The monoisotopic (exact) mass is 311 g/mol. The molecule has 2 rings (SSSR count). The van der Waals surface area contributed by atoms with Crippen molar-refractivity contribution in [1.29, 1.82) is 0 Å². The molecule has 0 spiro atoms. The Balaban J connectivity index is 1.90. The lowest BCUT2D eigenvalue weighted by molar-refractivity contribution is 0.579. The molecule has 0 aliphatic carbocycles. The standard InChI is InChI=1S/C13H21N5O2S/c1-10-11(8-15-17-10)4-3-5-16-21(19,20)13-6-12(7-14)18(2)9-13/h6,8-9,16H,3-5,7,14H2,1-2H3,(H,15,17). The van der Waals surface area contributed by atoms with Crippen LogP contribution in [0.5, 0.6) is 0 Å². The third-order valence-corrected chi connectivity index (χ3v) is 4.88. The number of nitrogens with two attached hydrogens (primary N) is 1. The fraction of sp³-hybridized carbons (Fsp3) is 0.462. The Bertz CT molecular complexity index is 702. The summed E-state index contributed by atoms with van der Waals surface area (Å²) in [5.41, 5.74) is 8.47. The fourth-order valence-corrected chi connectivity index (χ4v) is 3.29. The summed E-state index contributed by atoms with van der Waals surface area (Å²) in [7, 11) is -1.69. The van der Waals surface area contributed by atoms with Gasteiger partial charge in [0.2, 0.25) is 10.0 Å². The molecular weight excluding hydrogens is 290 g/mol. The SMILES string of the molecule is Cc1[nH]ncc1CCCNS(=O)(=O)c1cc(CN)n(C)c1. The summed E-state index contributed by atoms with van der Waals surface area (Å²) in [5, 5.41) is 6.80. The van der Waals surface area contributed by atoms with Gasteiger partial charge in [0.15, 0.2) is 0 Å². The second-order valence-electron chi connectivity index (χ2n) is 5.00. The number of hydrogen-bond donors (Lipinski definition) is 3. The van der Waals surface area contributed by atoms with Crippen molar-refractivity contribution in [2.24, 2.45) is 12.8 Å². The van der Waals surface area contributed by atoms with Crippen LogP contribution in [0.2, 0.25) is 0 Å². The van der Waals surface area contributed by atoms with Crippen molar-refractivity contribution in [3.05, 3.63) is 35.4 Å². The Morgan fingerprint density at radius 1 is 1.48 bits per heavy atom. The molecule has 0 bridgehead atoms. The summed E-state index contributed by atoms with van der Waals surface area (Å²) in [4.78, 5) is 0.255. The van der Waals surface area contributed by atoms with E-state index < -0.39 is 10.0 Å². The first kappa shape index (κ1) is 15.7. The summed E-state index contributed by atoms with van der Waals surface area (Å²) in [6, 6.07) is 1.60. The molecule has 0 amide bonds. The van der Waals surface area contributed by atoms with Gasteiger partial charge >= 0.3 is 0 Å². The van der Waals surface area contributed by atoms with E-state index in [-0.39, 0.29) is 4.90 Å². The van der Waals surface area contributed by atoms with Crippen molar-refractivity contribution in [3.8, 4) is 0 Å². The molecule has 0 aliphatic rings. The minimum absolute atomic E-state index is 0.255. The zero-order valence-electron chi connectivity index (χ0n) is 12.3. The second kappa shape index (κ2) is 6.42. The molecule has 0 saturated heterocycles. The van der Waals surface area contributed by atoms with Crippen LogP contribution < -0.4 is 10.5 Å². The summed E-state index contributed by atoms with van der Waals surface area (Å²) in [5.74, 6) is 0. The molecule has 21 heavy (non-hydrogen) atoms. The topological polar surface area (TPSA) is 106 Å². The number of nitrogens with zero attached hydrogens (tertiary/aromatic N) is 2. The smallest absolute Gasteiger partial charge is 0.242 e. The highest BCUT2D eigenvalue weighted by atomic mass is 32.2. The minimum Gasteiger partial charge on any atom is -0.352 e. The zero-order chi connectivity index (χ0) is 15.5. The first-order chi connectivity index (χ1) is 9.94. The van der Waals surface area contributed by atoms with Gasteiger partial charge in [-0.3, -0.25) is 5.10 Å². The lowest BCUT2D eigenvalue weighted by Crippen LogP contribution is -2.24. The minimum atomic E-state index is -3.47. The number of hydrogen-bond acceptors (Lipinski definition) is 4. The van der Waals surface area contributed by atoms with Crippen LogP contribution in [-0.2, 0) is 30.0 Å². The van der Waals surface area contributed by atoms with E-state index in [1.54, 1.807) is 30.1 Å². The molecule has 2 aromatic heterocycles. The van der Waals surface area contributed by atoms with E-state index in [9.17, 15) is 8.42 Å². The van der Waals surface area contributed by atoms with Gasteiger partial charge < -0.3 is 10.3 Å². The maximum atomic E-state index is 12.2. The second-order valence-corrected chi connectivity index (χ2v) is 6.77. The molecule has 2 aromatic rings. The molecule has 7 nitrogen and oxygen atoms in total. The van der Waals surface area contributed by atoms with E-state index in [1.165, 1.54) is 0 Å². The van der Waals surface area contributed by atoms with Gasteiger partial charge in [0.25, 0.3) is 0 Å². The molecule has 8 heteroatoms. The number of aryl methyl sites for hydroxylation is 3. The fourth-order valence-electron chi connectivity index (χ4n) is 2.12. The summed E-state index contributed by atoms with van der Waals surface area (Å²) >= 11 is 0. The van der Waals surface area contributed by atoms with Crippen LogP contribution in [0.1, 0.15) is 23.4 Å². The summed E-state index contributed by atoms with van der Waals surface area (Å²) in [6.45, 7) is 2.65. The highest BCUT2D eigenvalue weighted by Gasteiger charge is 2.16. The van der Waals surface area contributed by atoms with E-state index in [0.29, 0.717) is 13.1 Å². The average Bonchev–Trinajstić information content (AvgIpc) is 3.01. The molecule has 0 radical (unpaired) electrons. The van der Waals surface area contributed by atoms with E-state index in [4.69, 9.17) is 5.73 Å². The molecule has 116 valence electrons. The maximum Gasteiger partial charge on any atom is 0.242 e. The van der Waals surface area contributed by atoms with Gasteiger partial charge in [-0.1, -0.05) is 0 Å². The first-order valence-electron chi connectivity index (χ1n) is 6.78. The highest BCUT2D eigenvalue weighted by Crippen LogP contribution is 2.13. The van der Waals surface area contributed by atoms with Crippen LogP contribution in [0.15, 0.2) is 23.4 Å². The normalized spacial score (nSPS) is 12.0. The first-order valence-corrected chi connectivity index (χ1v) is 8.26. The van der Waals surface area contributed by atoms with Gasteiger partial charge in [-0.25, -0.2) is 13.1 Å². The van der Waals surface area contributed by atoms with E-state index in [1.807, 2.05) is 6.92 Å². The van der Waals surface area contributed by atoms with Crippen LogP contribution in [0.25, 0.3) is 0 Å². The van der Waals surface area contributed by atoms with Crippen LogP contribution in [0, 0.1) is 6.92 Å². The molecule has 0 aromatic carbocycles. The van der Waals surface area contributed by atoms with Crippen molar-refractivity contribution in [2.45, 2.75) is 31.2 Å². The van der Waals surface area contributed by atoms with Gasteiger partial charge in [0.05, 0.1) is 11.1 Å². The Labute approximate surface area is 124 Å². The number of nitrogens with one attached hydrogen (secondary N) is 2. The Hall–Kier alpha value is -1.64. The largest absolute Gasteiger partial charge is 0.352 e. The molecule has 4 N–H and O–H groups in total. The number of H-pyrrole nitrogens is 1. The number of rotatable bonds is 7.